The van der Waals surface area contributed by atoms with Crippen LogP contribution >= 0.6 is 0 Å². The molecule has 1 aliphatic heterocycles. The van der Waals surface area contributed by atoms with Gasteiger partial charge in [0.15, 0.2) is 11.5 Å². The molecular formula is C19H28O4. The highest BCUT2D eigenvalue weighted by molar-refractivity contribution is 5.44. The van der Waals surface area contributed by atoms with Gasteiger partial charge >= 0.3 is 0 Å². The lowest BCUT2D eigenvalue weighted by atomic mass is 9.63. The lowest BCUT2D eigenvalue weighted by Crippen LogP contribution is -2.52. The number of ether oxygens (including phenoxy) is 3. The molecular weight excluding hydrogens is 292 g/mol. The topological polar surface area (TPSA) is 47.9 Å². The SMILES string of the molecule is COc1ccc([C@@H]2OC(C)(C)[C@H]3C[C@H]2[C@H](C)[C@@H](O)C3)cc1OC. The lowest BCUT2D eigenvalue weighted by Gasteiger charge is -2.53. The third-order valence-corrected chi connectivity index (χ3v) is 5.90. The maximum Gasteiger partial charge on any atom is 0.161 e. The molecule has 1 saturated heterocycles. The summed E-state index contributed by atoms with van der Waals surface area (Å²) in [7, 11) is 3.29. The predicted octanol–water partition coefficient (Wildman–Crippen LogP) is 3.58. The van der Waals surface area contributed by atoms with Gasteiger partial charge in [-0.2, -0.15) is 0 Å². The number of fused-ring (bicyclic) bond motifs is 2. The van der Waals surface area contributed by atoms with Crippen molar-refractivity contribution in [2.75, 3.05) is 14.2 Å². The fourth-order valence-electron chi connectivity index (χ4n) is 4.25. The molecule has 128 valence electrons. The molecule has 1 heterocycles. The van der Waals surface area contributed by atoms with Gasteiger partial charge in [0, 0.05) is 0 Å². The maximum atomic E-state index is 10.5. The van der Waals surface area contributed by atoms with E-state index in [-0.39, 0.29) is 23.7 Å². The lowest BCUT2D eigenvalue weighted by molar-refractivity contribution is -0.215. The summed E-state index contributed by atoms with van der Waals surface area (Å²) in [6.07, 6.45) is 1.67. The molecule has 23 heavy (non-hydrogen) atoms. The molecule has 0 unspecified atom stereocenters. The fraction of sp³-hybridized carbons (Fsp3) is 0.684. The Morgan fingerprint density at radius 2 is 1.83 bits per heavy atom. The van der Waals surface area contributed by atoms with Crippen LogP contribution in [0.5, 0.6) is 11.5 Å². The first-order chi connectivity index (χ1) is 10.9. The molecule has 0 radical (unpaired) electrons. The van der Waals surface area contributed by atoms with E-state index in [1.807, 2.05) is 12.1 Å². The van der Waals surface area contributed by atoms with Crippen LogP contribution < -0.4 is 9.47 Å². The fourth-order valence-corrected chi connectivity index (χ4v) is 4.25. The normalized spacial score (nSPS) is 35.7. The summed E-state index contributed by atoms with van der Waals surface area (Å²) in [5.41, 5.74) is 0.871. The molecule has 1 aromatic rings. The zero-order chi connectivity index (χ0) is 16.8. The van der Waals surface area contributed by atoms with Crippen molar-refractivity contribution in [2.24, 2.45) is 17.8 Å². The van der Waals surface area contributed by atoms with Gasteiger partial charge in [0.25, 0.3) is 0 Å². The monoisotopic (exact) mass is 320 g/mol. The first-order valence-electron chi connectivity index (χ1n) is 8.45. The van der Waals surface area contributed by atoms with E-state index >= 15 is 0 Å². The van der Waals surface area contributed by atoms with Crippen LogP contribution in [0.4, 0.5) is 0 Å². The van der Waals surface area contributed by atoms with Crippen LogP contribution in [0.1, 0.15) is 45.3 Å². The third kappa shape index (κ3) is 2.83. The number of aliphatic hydroxyl groups is 1. The van der Waals surface area contributed by atoms with Gasteiger partial charge in [0.1, 0.15) is 0 Å². The summed E-state index contributed by atoms with van der Waals surface area (Å²) < 4.78 is 17.3. The van der Waals surface area contributed by atoms with Crippen molar-refractivity contribution in [3.05, 3.63) is 23.8 Å². The molecule has 0 aromatic heterocycles. The van der Waals surface area contributed by atoms with Gasteiger partial charge in [-0.3, -0.25) is 0 Å². The van der Waals surface area contributed by atoms with E-state index in [0.29, 0.717) is 11.8 Å². The van der Waals surface area contributed by atoms with Gasteiger partial charge in [-0.05, 0) is 62.1 Å². The van der Waals surface area contributed by atoms with E-state index in [1.54, 1.807) is 14.2 Å². The quantitative estimate of drug-likeness (QED) is 0.925. The molecule has 2 fully saturated rings. The number of hydrogen-bond acceptors (Lipinski definition) is 4. The van der Waals surface area contributed by atoms with E-state index in [0.717, 1.165) is 29.9 Å². The second kappa shape index (κ2) is 5.99. The van der Waals surface area contributed by atoms with Gasteiger partial charge in [-0.25, -0.2) is 0 Å². The maximum absolute atomic E-state index is 10.5. The summed E-state index contributed by atoms with van der Waals surface area (Å²) in [5, 5.41) is 10.5. The largest absolute Gasteiger partial charge is 0.493 e. The Labute approximate surface area is 138 Å². The Balaban J connectivity index is 1.97. The standard InChI is InChI=1S/C19H28O4/c1-11-14-9-13(10-15(11)20)19(2,3)23-18(14)12-6-7-16(21-4)17(8-12)22-5/h6-8,11,13-15,18,20H,9-10H2,1-5H3/t11-,13-,14-,15-,18-/m0/s1. The van der Waals surface area contributed by atoms with Gasteiger partial charge in [-0.15, -0.1) is 0 Å². The number of methoxy groups -OCH3 is 2. The minimum absolute atomic E-state index is 0.0222. The molecule has 1 aromatic carbocycles. The van der Waals surface area contributed by atoms with Crippen molar-refractivity contribution in [3.8, 4) is 11.5 Å². The average molecular weight is 320 g/mol. The molecule has 1 N–H and O–H groups in total. The summed E-state index contributed by atoms with van der Waals surface area (Å²) in [6.45, 7) is 6.43. The van der Waals surface area contributed by atoms with E-state index in [2.05, 4.69) is 26.8 Å². The first kappa shape index (κ1) is 16.6. The molecule has 3 rings (SSSR count). The van der Waals surface area contributed by atoms with Gasteiger partial charge in [-0.1, -0.05) is 13.0 Å². The van der Waals surface area contributed by atoms with Gasteiger partial charge in [0.05, 0.1) is 32.0 Å². The highest BCUT2D eigenvalue weighted by Gasteiger charge is 2.50. The molecule has 0 spiro atoms. The van der Waals surface area contributed by atoms with E-state index in [4.69, 9.17) is 14.2 Å². The summed E-state index contributed by atoms with van der Waals surface area (Å²) in [4.78, 5) is 0. The molecule has 2 aliphatic rings. The molecule has 1 aliphatic carbocycles. The van der Waals surface area contributed by atoms with Crippen LogP contribution in [0.2, 0.25) is 0 Å². The third-order valence-electron chi connectivity index (χ3n) is 5.90. The van der Waals surface area contributed by atoms with Crippen molar-refractivity contribution in [1.82, 2.24) is 0 Å². The summed E-state index contributed by atoms with van der Waals surface area (Å²) in [5.74, 6) is 2.42. The van der Waals surface area contributed by atoms with E-state index in [1.165, 1.54) is 0 Å². The smallest absolute Gasteiger partial charge is 0.161 e. The zero-order valence-corrected chi connectivity index (χ0v) is 14.7. The minimum atomic E-state index is -0.246. The van der Waals surface area contributed by atoms with Crippen molar-refractivity contribution in [1.29, 1.82) is 0 Å². The highest BCUT2D eigenvalue weighted by atomic mass is 16.5. The van der Waals surface area contributed by atoms with Gasteiger partial charge in [0.2, 0.25) is 0 Å². The Hall–Kier alpha value is -1.26. The van der Waals surface area contributed by atoms with Crippen LogP contribution in [0.25, 0.3) is 0 Å². The molecule has 4 nitrogen and oxygen atoms in total. The first-order valence-corrected chi connectivity index (χ1v) is 8.45. The molecule has 4 heteroatoms. The van der Waals surface area contributed by atoms with Crippen LogP contribution in [0.3, 0.4) is 0 Å². The van der Waals surface area contributed by atoms with Crippen LogP contribution in [0.15, 0.2) is 18.2 Å². The Morgan fingerprint density at radius 1 is 1.13 bits per heavy atom. The van der Waals surface area contributed by atoms with Crippen molar-refractivity contribution < 1.29 is 19.3 Å². The summed E-state index contributed by atoms with van der Waals surface area (Å²) in [6, 6.07) is 5.99. The second-order valence-corrected chi connectivity index (χ2v) is 7.51. The summed E-state index contributed by atoms with van der Waals surface area (Å²) >= 11 is 0. The predicted molar refractivity (Wildman–Crippen MR) is 88.8 cm³/mol. The minimum Gasteiger partial charge on any atom is -0.493 e. The highest BCUT2D eigenvalue weighted by Crippen LogP contribution is 2.53. The van der Waals surface area contributed by atoms with Crippen molar-refractivity contribution >= 4 is 0 Å². The Bertz CT molecular complexity index is 568. The van der Waals surface area contributed by atoms with E-state index in [9.17, 15) is 5.11 Å². The van der Waals surface area contributed by atoms with Crippen molar-refractivity contribution in [3.63, 3.8) is 0 Å². The van der Waals surface area contributed by atoms with Crippen LogP contribution in [0, 0.1) is 17.8 Å². The Kier molecular flexibility index (Phi) is 4.32. The number of rotatable bonds is 3. The van der Waals surface area contributed by atoms with E-state index < -0.39 is 0 Å². The molecule has 5 atom stereocenters. The molecule has 2 bridgehead atoms. The number of aliphatic hydroxyl groups excluding tert-OH is 1. The zero-order valence-electron chi connectivity index (χ0n) is 14.7. The van der Waals surface area contributed by atoms with Crippen LogP contribution in [-0.2, 0) is 4.74 Å². The Morgan fingerprint density at radius 3 is 2.48 bits per heavy atom. The van der Waals surface area contributed by atoms with Crippen molar-refractivity contribution in [2.45, 2.75) is 51.4 Å². The number of hydrogen-bond donors (Lipinski definition) is 1. The number of benzene rings is 1. The van der Waals surface area contributed by atoms with Crippen LogP contribution in [-0.4, -0.2) is 31.0 Å². The molecule has 1 saturated carbocycles. The average Bonchev–Trinajstić information content (AvgIpc) is 2.54. The second-order valence-electron chi connectivity index (χ2n) is 7.51. The molecule has 0 amide bonds. The van der Waals surface area contributed by atoms with Gasteiger partial charge < -0.3 is 19.3 Å².